The first-order valence-corrected chi connectivity index (χ1v) is 5.03. The summed E-state index contributed by atoms with van der Waals surface area (Å²) in [6.07, 6.45) is 8.67. The van der Waals surface area contributed by atoms with Crippen molar-refractivity contribution < 1.29 is 5.11 Å². The summed E-state index contributed by atoms with van der Waals surface area (Å²) in [6.45, 7) is 6.26. The molecule has 0 aromatic carbocycles. The summed E-state index contributed by atoms with van der Waals surface area (Å²) in [6, 6.07) is 0. The predicted molar refractivity (Wildman–Crippen MR) is 61.4 cm³/mol. The van der Waals surface area contributed by atoms with Crippen molar-refractivity contribution >= 4 is 12.4 Å². The van der Waals surface area contributed by atoms with Crippen LogP contribution in [0.15, 0.2) is 12.2 Å². The normalized spacial score (nSPS) is 13.3. The van der Waals surface area contributed by atoms with Crippen molar-refractivity contribution in [1.82, 2.24) is 0 Å². The maximum Gasteiger partial charge on any atom is 0.0743 e. The summed E-state index contributed by atoms with van der Waals surface area (Å²) >= 11 is 0. The molecule has 2 heteroatoms. The van der Waals surface area contributed by atoms with Gasteiger partial charge in [0, 0.05) is 0 Å². The van der Waals surface area contributed by atoms with Crippen LogP contribution >= 0.6 is 12.4 Å². The minimum Gasteiger partial charge on any atom is -0.389 e. The third-order valence-corrected chi connectivity index (χ3v) is 1.99. The molecule has 13 heavy (non-hydrogen) atoms. The Morgan fingerprint density at radius 3 is 2.31 bits per heavy atom. The molecule has 80 valence electrons. The maximum absolute atomic E-state index is 9.40. The van der Waals surface area contributed by atoms with Crippen molar-refractivity contribution in [3.63, 3.8) is 0 Å². The number of aliphatic hydroxyl groups is 1. The first-order valence-electron chi connectivity index (χ1n) is 5.03. The average Bonchev–Trinajstić information content (AvgIpc) is 2.03. The van der Waals surface area contributed by atoms with Gasteiger partial charge in [-0.15, -0.1) is 12.4 Å². The highest BCUT2D eigenvalue weighted by molar-refractivity contribution is 5.85. The second-order valence-corrected chi connectivity index (χ2v) is 3.66. The van der Waals surface area contributed by atoms with Crippen molar-refractivity contribution in [2.24, 2.45) is 5.92 Å². The molecule has 0 aromatic rings. The molecule has 0 aromatic heterocycles. The van der Waals surface area contributed by atoms with Gasteiger partial charge in [0.2, 0.25) is 0 Å². The van der Waals surface area contributed by atoms with Crippen molar-refractivity contribution in [2.75, 3.05) is 0 Å². The van der Waals surface area contributed by atoms with Crippen molar-refractivity contribution in [2.45, 2.75) is 52.6 Å². The highest BCUT2D eigenvalue weighted by atomic mass is 35.5. The molecular formula is C11H23ClO. The molecule has 0 saturated heterocycles. The molecule has 0 bridgehead atoms. The number of hydrogen-bond acceptors (Lipinski definition) is 1. The standard InChI is InChI=1S/C11H22O.ClH/c1-4-5-6-7-8-9-11(12)10(2)3;/h8-12H,4-7H2,1-3H3;1H. The second-order valence-electron chi connectivity index (χ2n) is 3.66. The smallest absolute Gasteiger partial charge is 0.0743 e. The minimum atomic E-state index is -0.258. The van der Waals surface area contributed by atoms with Gasteiger partial charge in [-0.3, -0.25) is 0 Å². The third kappa shape index (κ3) is 9.91. The van der Waals surface area contributed by atoms with Gasteiger partial charge in [-0.1, -0.05) is 45.8 Å². The van der Waals surface area contributed by atoms with Crippen LogP contribution in [0.3, 0.4) is 0 Å². The number of halogens is 1. The van der Waals surface area contributed by atoms with Crippen LogP contribution in [0.5, 0.6) is 0 Å². The molecule has 0 aliphatic carbocycles. The molecule has 1 unspecified atom stereocenters. The van der Waals surface area contributed by atoms with Crippen LogP contribution in [-0.4, -0.2) is 11.2 Å². The second kappa shape index (κ2) is 10.1. The summed E-state index contributed by atoms with van der Waals surface area (Å²) in [5.74, 6) is 0.340. The Bertz CT molecular complexity index is 121. The van der Waals surface area contributed by atoms with Gasteiger partial charge >= 0.3 is 0 Å². The Kier molecular flexibility index (Phi) is 12.0. The van der Waals surface area contributed by atoms with Gasteiger partial charge in [0.05, 0.1) is 6.10 Å². The molecule has 0 heterocycles. The highest BCUT2D eigenvalue weighted by Gasteiger charge is 2.02. The van der Waals surface area contributed by atoms with Gasteiger partial charge in [0.25, 0.3) is 0 Å². The SMILES string of the molecule is CCCCCC=CC(O)C(C)C.Cl. The Morgan fingerprint density at radius 1 is 1.23 bits per heavy atom. The predicted octanol–water partition coefficient (Wildman–Crippen LogP) is 3.56. The van der Waals surface area contributed by atoms with Crippen molar-refractivity contribution in [3.8, 4) is 0 Å². The Balaban J connectivity index is 0. The molecule has 0 aliphatic rings. The Labute approximate surface area is 88.6 Å². The van der Waals surface area contributed by atoms with Crippen molar-refractivity contribution in [3.05, 3.63) is 12.2 Å². The fraction of sp³-hybridized carbons (Fsp3) is 0.818. The summed E-state index contributed by atoms with van der Waals surface area (Å²) in [5.41, 5.74) is 0. The third-order valence-electron chi connectivity index (χ3n) is 1.99. The zero-order valence-corrected chi connectivity index (χ0v) is 9.81. The zero-order chi connectivity index (χ0) is 9.40. The molecular weight excluding hydrogens is 184 g/mol. The van der Waals surface area contributed by atoms with Crippen LogP contribution < -0.4 is 0 Å². The van der Waals surface area contributed by atoms with E-state index in [9.17, 15) is 5.11 Å². The van der Waals surface area contributed by atoms with E-state index in [1.165, 1.54) is 19.3 Å². The summed E-state index contributed by atoms with van der Waals surface area (Å²) < 4.78 is 0. The molecule has 1 nitrogen and oxygen atoms in total. The van der Waals surface area contributed by atoms with Gasteiger partial charge in [0.15, 0.2) is 0 Å². The Hall–Kier alpha value is -0.0100. The van der Waals surface area contributed by atoms with Crippen LogP contribution in [0.2, 0.25) is 0 Å². The van der Waals surface area contributed by atoms with E-state index >= 15 is 0 Å². The van der Waals surface area contributed by atoms with E-state index in [1.54, 1.807) is 0 Å². The van der Waals surface area contributed by atoms with E-state index in [4.69, 9.17) is 0 Å². The number of aliphatic hydroxyl groups excluding tert-OH is 1. The van der Waals surface area contributed by atoms with E-state index in [0.29, 0.717) is 5.92 Å². The summed E-state index contributed by atoms with van der Waals surface area (Å²) in [5, 5.41) is 9.40. The molecule has 0 fully saturated rings. The largest absolute Gasteiger partial charge is 0.389 e. The quantitative estimate of drug-likeness (QED) is 0.521. The van der Waals surface area contributed by atoms with Crippen LogP contribution in [0.25, 0.3) is 0 Å². The van der Waals surface area contributed by atoms with E-state index in [0.717, 1.165) is 6.42 Å². The fourth-order valence-electron chi connectivity index (χ4n) is 0.970. The minimum absolute atomic E-state index is 0. The van der Waals surface area contributed by atoms with Gasteiger partial charge in [0.1, 0.15) is 0 Å². The van der Waals surface area contributed by atoms with Crippen LogP contribution in [-0.2, 0) is 0 Å². The van der Waals surface area contributed by atoms with Crippen LogP contribution in [0.4, 0.5) is 0 Å². The van der Waals surface area contributed by atoms with Gasteiger partial charge in [-0.05, 0) is 18.8 Å². The van der Waals surface area contributed by atoms with E-state index in [-0.39, 0.29) is 18.5 Å². The summed E-state index contributed by atoms with van der Waals surface area (Å²) in [7, 11) is 0. The number of unbranched alkanes of at least 4 members (excludes halogenated alkanes) is 3. The number of hydrogen-bond donors (Lipinski definition) is 1. The lowest BCUT2D eigenvalue weighted by molar-refractivity contribution is 0.172. The first-order chi connectivity index (χ1) is 5.68. The van der Waals surface area contributed by atoms with Crippen LogP contribution in [0, 0.1) is 5.92 Å². The molecule has 0 amide bonds. The molecule has 1 N–H and O–H groups in total. The Morgan fingerprint density at radius 2 is 1.85 bits per heavy atom. The van der Waals surface area contributed by atoms with E-state index < -0.39 is 0 Å². The number of rotatable bonds is 6. The van der Waals surface area contributed by atoms with Crippen molar-refractivity contribution in [1.29, 1.82) is 0 Å². The fourth-order valence-corrected chi connectivity index (χ4v) is 0.970. The molecule has 0 spiro atoms. The van der Waals surface area contributed by atoms with Gasteiger partial charge in [-0.2, -0.15) is 0 Å². The summed E-state index contributed by atoms with van der Waals surface area (Å²) in [4.78, 5) is 0. The average molecular weight is 207 g/mol. The number of allylic oxidation sites excluding steroid dienone is 1. The van der Waals surface area contributed by atoms with Gasteiger partial charge in [-0.25, -0.2) is 0 Å². The monoisotopic (exact) mass is 206 g/mol. The molecule has 0 saturated carbocycles. The maximum atomic E-state index is 9.40. The van der Waals surface area contributed by atoms with E-state index in [1.807, 2.05) is 19.9 Å². The molecule has 0 rings (SSSR count). The lowest BCUT2D eigenvalue weighted by atomic mass is 10.1. The lowest BCUT2D eigenvalue weighted by Gasteiger charge is -2.08. The molecule has 0 radical (unpaired) electrons. The molecule has 1 atom stereocenters. The zero-order valence-electron chi connectivity index (χ0n) is 8.99. The first kappa shape index (κ1) is 15.5. The van der Waals surface area contributed by atoms with Crippen LogP contribution in [0.1, 0.15) is 46.5 Å². The topological polar surface area (TPSA) is 20.2 Å². The lowest BCUT2D eigenvalue weighted by Crippen LogP contribution is -2.10. The highest BCUT2D eigenvalue weighted by Crippen LogP contribution is 2.05. The van der Waals surface area contributed by atoms with Gasteiger partial charge < -0.3 is 5.11 Å². The van der Waals surface area contributed by atoms with E-state index in [2.05, 4.69) is 13.0 Å². The molecule has 0 aliphatic heterocycles.